The Morgan fingerprint density at radius 3 is 3.17 bits per heavy atom. The normalized spacial score (nSPS) is 20.9. The minimum absolute atomic E-state index is 0.344. The van der Waals surface area contributed by atoms with Crippen molar-refractivity contribution in [2.24, 2.45) is 0 Å². The minimum Gasteiger partial charge on any atom is -0.491 e. The molecule has 1 aliphatic heterocycles. The maximum absolute atomic E-state index is 9.85. The largest absolute Gasteiger partial charge is 0.491 e. The summed E-state index contributed by atoms with van der Waals surface area (Å²) in [5, 5.41) is 13.2. The molecule has 2 unspecified atom stereocenters. The molecular weight excluding hydrogens is 246 g/mol. The van der Waals surface area contributed by atoms with Gasteiger partial charge in [-0.25, -0.2) is 0 Å². The van der Waals surface area contributed by atoms with E-state index in [0.29, 0.717) is 19.2 Å². The van der Waals surface area contributed by atoms with Crippen LogP contribution in [0, 0.1) is 6.92 Å². The molecular formula is C14H21NO2S. The van der Waals surface area contributed by atoms with Crippen molar-refractivity contribution >= 4 is 11.8 Å². The second kappa shape index (κ2) is 7.02. The summed E-state index contributed by atoms with van der Waals surface area (Å²) in [5.41, 5.74) is 1.17. The number of ether oxygens (including phenoxy) is 1. The lowest BCUT2D eigenvalue weighted by atomic mass is 10.2. The smallest absolute Gasteiger partial charge is 0.119 e. The van der Waals surface area contributed by atoms with Gasteiger partial charge in [-0.3, -0.25) is 0 Å². The highest BCUT2D eigenvalue weighted by Gasteiger charge is 2.16. The molecule has 1 aromatic rings. The molecule has 2 rings (SSSR count). The van der Waals surface area contributed by atoms with E-state index in [9.17, 15) is 5.11 Å². The van der Waals surface area contributed by atoms with Gasteiger partial charge in [-0.05, 0) is 36.8 Å². The molecule has 1 fully saturated rings. The van der Waals surface area contributed by atoms with Crippen LogP contribution in [-0.2, 0) is 0 Å². The molecule has 0 radical (unpaired) electrons. The Morgan fingerprint density at radius 1 is 1.56 bits per heavy atom. The average molecular weight is 267 g/mol. The zero-order valence-corrected chi connectivity index (χ0v) is 11.6. The number of rotatable bonds is 6. The van der Waals surface area contributed by atoms with Crippen LogP contribution in [0.15, 0.2) is 24.3 Å². The van der Waals surface area contributed by atoms with Crippen molar-refractivity contribution in [3.8, 4) is 5.75 Å². The van der Waals surface area contributed by atoms with E-state index in [1.165, 1.54) is 17.7 Å². The summed E-state index contributed by atoms with van der Waals surface area (Å²) in [5.74, 6) is 3.21. The van der Waals surface area contributed by atoms with Crippen molar-refractivity contribution in [1.29, 1.82) is 0 Å². The SMILES string of the molecule is Cc1cccc(OCC(O)CNC2CCSC2)c1. The molecule has 1 aromatic carbocycles. The Labute approximate surface area is 113 Å². The van der Waals surface area contributed by atoms with Gasteiger partial charge in [0.25, 0.3) is 0 Å². The standard InChI is InChI=1S/C14H21NO2S/c1-11-3-2-4-14(7-11)17-9-13(16)8-15-12-5-6-18-10-12/h2-4,7,12-13,15-16H,5-6,8-10H2,1H3. The molecule has 1 heterocycles. The van der Waals surface area contributed by atoms with Crippen LogP contribution in [0.3, 0.4) is 0 Å². The van der Waals surface area contributed by atoms with Gasteiger partial charge in [-0.1, -0.05) is 12.1 Å². The maximum atomic E-state index is 9.85. The number of thioether (sulfide) groups is 1. The number of aryl methyl sites for hydroxylation is 1. The number of nitrogens with one attached hydrogen (secondary N) is 1. The lowest BCUT2D eigenvalue weighted by molar-refractivity contribution is 0.104. The van der Waals surface area contributed by atoms with Gasteiger partial charge in [0.2, 0.25) is 0 Å². The second-order valence-corrected chi connectivity index (χ2v) is 5.90. The summed E-state index contributed by atoms with van der Waals surface area (Å²) >= 11 is 1.97. The van der Waals surface area contributed by atoms with Crippen molar-refractivity contribution in [3.05, 3.63) is 29.8 Å². The van der Waals surface area contributed by atoms with Crippen LogP contribution in [0.5, 0.6) is 5.75 Å². The van der Waals surface area contributed by atoms with E-state index in [-0.39, 0.29) is 0 Å². The topological polar surface area (TPSA) is 41.5 Å². The van der Waals surface area contributed by atoms with Gasteiger partial charge in [-0.15, -0.1) is 0 Å². The van der Waals surface area contributed by atoms with Gasteiger partial charge in [0.15, 0.2) is 0 Å². The van der Waals surface area contributed by atoms with Gasteiger partial charge in [0, 0.05) is 18.3 Å². The molecule has 18 heavy (non-hydrogen) atoms. The predicted molar refractivity (Wildman–Crippen MR) is 76.4 cm³/mol. The number of aliphatic hydroxyl groups excluding tert-OH is 1. The summed E-state index contributed by atoms with van der Waals surface area (Å²) in [6, 6.07) is 8.45. The van der Waals surface area contributed by atoms with E-state index >= 15 is 0 Å². The molecule has 0 amide bonds. The minimum atomic E-state index is -0.448. The number of hydrogen-bond acceptors (Lipinski definition) is 4. The quantitative estimate of drug-likeness (QED) is 0.825. The summed E-state index contributed by atoms with van der Waals surface area (Å²) in [6.07, 6.45) is 0.756. The van der Waals surface area contributed by atoms with Gasteiger partial charge in [0.05, 0.1) is 0 Å². The third-order valence-electron chi connectivity index (χ3n) is 3.00. The Kier molecular flexibility index (Phi) is 5.35. The van der Waals surface area contributed by atoms with Crippen LogP contribution in [0.4, 0.5) is 0 Å². The summed E-state index contributed by atoms with van der Waals surface area (Å²) in [7, 11) is 0. The molecule has 4 heteroatoms. The second-order valence-electron chi connectivity index (χ2n) is 4.75. The highest BCUT2D eigenvalue weighted by atomic mass is 32.2. The Balaban J connectivity index is 1.66. The van der Waals surface area contributed by atoms with Crippen LogP contribution in [-0.4, -0.2) is 41.9 Å². The molecule has 0 spiro atoms. The van der Waals surface area contributed by atoms with E-state index < -0.39 is 6.10 Å². The van der Waals surface area contributed by atoms with Crippen molar-refractivity contribution in [2.75, 3.05) is 24.7 Å². The number of benzene rings is 1. The summed E-state index contributed by atoms with van der Waals surface area (Å²) < 4.78 is 5.57. The molecule has 1 aliphatic rings. The summed E-state index contributed by atoms with van der Waals surface area (Å²) in [4.78, 5) is 0. The first-order valence-corrected chi connectivity index (χ1v) is 7.58. The molecule has 2 N–H and O–H groups in total. The predicted octanol–water partition coefficient (Wildman–Crippen LogP) is 1.83. The molecule has 0 saturated carbocycles. The zero-order chi connectivity index (χ0) is 12.8. The van der Waals surface area contributed by atoms with Crippen molar-refractivity contribution in [1.82, 2.24) is 5.32 Å². The average Bonchev–Trinajstić information content (AvgIpc) is 2.87. The van der Waals surface area contributed by atoms with Crippen LogP contribution < -0.4 is 10.1 Å². The van der Waals surface area contributed by atoms with Crippen molar-refractivity contribution < 1.29 is 9.84 Å². The fraction of sp³-hybridized carbons (Fsp3) is 0.571. The molecule has 2 atom stereocenters. The van der Waals surface area contributed by atoms with Crippen LogP contribution >= 0.6 is 11.8 Å². The van der Waals surface area contributed by atoms with Gasteiger partial charge in [-0.2, -0.15) is 11.8 Å². The van der Waals surface area contributed by atoms with E-state index in [2.05, 4.69) is 5.32 Å². The Bertz CT molecular complexity index is 367. The first-order chi connectivity index (χ1) is 8.74. The van der Waals surface area contributed by atoms with E-state index in [0.717, 1.165) is 11.5 Å². The highest BCUT2D eigenvalue weighted by Crippen LogP contribution is 2.17. The number of aliphatic hydroxyl groups is 1. The monoisotopic (exact) mass is 267 g/mol. The molecule has 0 aromatic heterocycles. The van der Waals surface area contributed by atoms with Crippen LogP contribution in [0.1, 0.15) is 12.0 Å². The molecule has 0 bridgehead atoms. The first-order valence-electron chi connectivity index (χ1n) is 6.42. The highest BCUT2D eigenvalue weighted by molar-refractivity contribution is 7.99. The first kappa shape index (κ1) is 13.7. The van der Waals surface area contributed by atoms with Gasteiger partial charge >= 0.3 is 0 Å². The lowest BCUT2D eigenvalue weighted by Crippen LogP contribution is -2.37. The number of hydrogen-bond donors (Lipinski definition) is 2. The molecule has 1 saturated heterocycles. The van der Waals surface area contributed by atoms with Crippen molar-refractivity contribution in [2.45, 2.75) is 25.5 Å². The summed E-state index contributed by atoms with van der Waals surface area (Å²) in [6.45, 7) is 2.98. The van der Waals surface area contributed by atoms with E-state index in [1.54, 1.807) is 0 Å². The zero-order valence-electron chi connectivity index (χ0n) is 10.8. The van der Waals surface area contributed by atoms with E-state index in [4.69, 9.17) is 4.74 Å². The molecule has 0 aliphatic carbocycles. The van der Waals surface area contributed by atoms with Gasteiger partial charge in [0.1, 0.15) is 18.5 Å². The van der Waals surface area contributed by atoms with Crippen LogP contribution in [0.25, 0.3) is 0 Å². The third kappa shape index (κ3) is 4.52. The fourth-order valence-corrected chi connectivity index (χ4v) is 3.14. The molecule has 100 valence electrons. The van der Waals surface area contributed by atoms with Crippen LogP contribution in [0.2, 0.25) is 0 Å². The Morgan fingerprint density at radius 2 is 2.44 bits per heavy atom. The maximum Gasteiger partial charge on any atom is 0.119 e. The third-order valence-corrected chi connectivity index (χ3v) is 4.17. The lowest BCUT2D eigenvalue weighted by Gasteiger charge is -2.16. The van der Waals surface area contributed by atoms with E-state index in [1.807, 2.05) is 43.0 Å². The fourth-order valence-electron chi connectivity index (χ4n) is 1.95. The Hall–Kier alpha value is -0.710. The molecule has 3 nitrogen and oxygen atoms in total. The van der Waals surface area contributed by atoms with Crippen molar-refractivity contribution in [3.63, 3.8) is 0 Å². The van der Waals surface area contributed by atoms with Gasteiger partial charge < -0.3 is 15.2 Å².